The van der Waals surface area contributed by atoms with Gasteiger partial charge in [-0.2, -0.15) is 10.2 Å². The number of nitrogens with zero attached hydrogens (tertiary/aromatic N) is 9. The van der Waals surface area contributed by atoms with Crippen molar-refractivity contribution in [1.29, 1.82) is 0 Å². The SMILES string of the molecule is CC(=O)c1ccc(Cl)cc1.CCC1CN2CCC1CC2[C@@H](OC(C)(C)C)c1ccnc2ccc(OC)cc12.CCC1CN2CCC1CC2[C@H](OC(C)(C)C)c1ccnc2ccc(OC)cc12.Cc1cc(C)c2ccccc2n1.Cc1cc2ccccc2c2ccccc12.Cc1nc(-c2ccccc2)nc(C)c1-c1ccccc1.Cc1nnc(C)c2ccccc12. The lowest BCUT2D eigenvalue weighted by Gasteiger charge is -2.52. The van der Waals surface area contributed by atoms with E-state index in [1.54, 1.807) is 38.5 Å². The highest BCUT2D eigenvalue weighted by Crippen LogP contribution is 2.48. The highest BCUT2D eigenvalue weighted by atomic mass is 35.5. The number of aryl methyl sites for hydroxylation is 7. The number of ketones is 1. The topological polar surface area (TPSA) is 151 Å². The number of fused-ring (bicyclic) bond motifs is 13. The highest BCUT2D eigenvalue weighted by Gasteiger charge is 2.46. The van der Waals surface area contributed by atoms with E-state index < -0.39 is 0 Å². The number of methoxy groups -OCH3 is 2. The Labute approximate surface area is 745 Å². The van der Waals surface area contributed by atoms with Crippen LogP contribution in [-0.4, -0.2) is 114 Å². The largest absolute Gasteiger partial charge is 0.497 e. The number of halogens is 1. The molecular weight excluding hydrogens is 1560 g/mol. The van der Waals surface area contributed by atoms with Crippen molar-refractivity contribution in [3.8, 4) is 34.0 Å². The van der Waals surface area contributed by atoms with Gasteiger partial charge in [0.25, 0.3) is 0 Å². The Balaban J connectivity index is 0.000000129. The van der Waals surface area contributed by atoms with Gasteiger partial charge < -0.3 is 18.9 Å². The molecule has 0 N–H and O–H groups in total. The van der Waals surface area contributed by atoms with Crippen LogP contribution >= 0.6 is 11.6 Å². The smallest absolute Gasteiger partial charge is 0.159 e. The third-order valence-corrected chi connectivity index (χ3v) is 25.1. The molecule has 10 aromatic carbocycles. The first-order chi connectivity index (χ1) is 60.2. The van der Waals surface area contributed by atoms with Gasteiger partial charge in [-0.25, -0.2) is 9.97 Å². The molecule has 6 saturated heterocycles. The first kappa shape index (κ1) is 91.5. The van der Waals surface area contributed by atoms with Crippen LogP contribution < -0.4 is 9.47 Å². The number of piperidine rings is 6. The fraction of sp³-hybridized carbons (Fsp3) is 0.345. The number of pyridine rings is 3. The van der Waals surface area contributed by atoms with Crippen molar-refractivity contribution < 1.29 is 23.7 Å². The van der Waals surface area contributed by atoms with Crippen LogP contribution in [0.5, 0.6) is 11.5 Å². The van der Waals surface area contributed by atoms with Crippen LogP contribution in [0.4, 0.5) is 0 Å². The maximum Gasteiger partial charge on any atom is 0.159 e. The minimum Gasteiger partial charge on any atom is -0.497 e. The molecule has 6 fully saturated rings. The van der Waals surface area contributed by atoms with Crippen LogP contribution in [0.3, 0.4) is 0 Å². The normalized spacial score (nSPS) is 18.5. The minimum absolute atomic E-state index is 0.0400. The summed E-state index contributed by atoms with van der Waals surface area (Å²) in [5, 5.41) is 20.1. The van der Waals surface area contributed by atoms with Gasteiger partial charge in [-0.05, 0) is 294 Å². The van der Waals surface area contributed by atoms with Gasteiger partial charge in [-0.3, -0.25) is 29.5 Å². The summed E-state index contributed by atoms with van der Waals surface area (Å²) < 4.78 is 24.5. The number of Topliss-reactive ketones (excluding diaryl/α,β-unsaturated/α-hetero) is 1. The van der Waals surface area contributed by atoms with E-state index in [2.05, 4.69) is 235 Å². The quantitative estimate of drug-likeness (QED) is 0.0795. The molecule has 8 unspecified atom stereocenters. The lowest BCUT2D eigenvalue weighted by Crippen LogP contribution is -2.56. The van der Waals surface area contributed by atoms with E-state index in [9.17, 15) is 4.79 Å². The van der Waals surface area contributed by atoms with Gasteiger partial charge in [-0.15, -0.1) is 0 Å². The number of carbonyl (C=O) groups is 1. The number of hydrogen-bond donors (Lipinski definition) is 0. The van der Waals surface area contributed by atoms with Crippen molar-refractivity contribution in [1.82, 2.24) is 44.9 Å². The van der Waals surface area contributed by atoms with Crippen molar-refractivity contribution in [3.63, 3.8) is 0 Å². The number of benzene rings is 10. The second-order valence-electron chi connectivity index (χ2n) is 35.8. The lowest BCUT2D eigenvalue weighted by atomic mass is 9.72. The molecule has 11 heterocycles. The molecule has 0 radical (unpaired) electrons. The van der Waals surface area contributed by atoms with Crippen molar-refractivity contribution in [2.75, 3.05) is 40.4 Å². The zero-order valence-electron chi connectivity index (χ0n) is 76.4. The third-order valence-electron chi connectivity index (χ3n) is 24.9. The first-order valence-corrected chi connectivity index (χ1v) is 44.8. The number of hydrogen-bond acceptors (Lipinski definition) is 14. The Bertz CT molecular complexity index is 5950. The minimum atomic E-state index is -0.207. The second-order valence-corrected chi connectivity index (χ2v) is 36.2. The number of aromatic nitrogens is 7. The van der Waals surface area contributed by atoms with Crippen molar-refractivity contribution in [2.24, 2.45) is 23.7 Å². The average Bonchev–Trinajstić information content (AvgIpc) is 0.758. The predicted molar refractivity (Wildman–Crippen MR) is 518 cm³/mol. The summed E-state index contributed by atoms with van der Waals surface area (Å²) in [4.78, 5) is 39.1. The van der Waals surface area contributed by atoms with Crippen LogP contribution in [0.25, 0.3) is 87.5 Å². The van der Waals surface area contributed by atoms with Crippen LogP contribution in [0.1, 0.15) is 174 Å². The lowest BCUT2D eigenvalue weighted by molar-refractivity contribution is -0.131. The maximum absolute atomic E-state index is 10.7. The van der Waals surface area contributed by atoms with Crippen molar-refractivity contribution in [3.05, 3.63) is 316 Å². The van der Waals surface area contributed by atoms with Crippen molar-refractivity contribution >= 4 is 82.4 Å². The summed E-state index contributed by atoms with van der Waals surface area (Å²) in [5.74, 6) is 5.93. The van der Waals surface area contributed by atoms with Gasteiger partial charge >= 0.3 is 0 Å². The summed E-state index contributed by atoms with van der Waals surface area (Å²) in [6, 6.07) is 82.6. The summed E-state index contributed by atoms with van der Waals surface area (Å²) in [6.07, 6.45) is 11.6. The maximum atomic E-state index is 10.7. The fourth-order valence-corrected chi connectivity index (χ4v) is 18.8. The fourth-order valence-electron chi connectivity index (χ4n) is 18.7. The van der Waals surface area contributed by atoms with E-state index in [1.165, 1.54) is 137 Å². The van der Waals surface area contributed by atoms with Crippen LogP contribution in [0, 0.1) is 72.1 Å². The summed E-state index contributed by atoms with van der Waals surface area (Å²) in [7, 11) is 3.44. The van der Waals surface area contributed by atoms with Crippen molar-refractivity contribution in [2.45, 2.75) is 185 Å². The Morgan fingerprint density at radius 1 is 0.440 bits per heavy atom. The molecule has 125 heavy (non-hydrogen) atoms. The Kier molecular flexibility index (Phi) is 30.5. The molecule has 4 bridgehead atoms. The van der Waals surface area contributed by atoms with Gasteiger partial charge in [0.05, 0.1) is 65.6 Å². The molecule has 15 aromatic rings. The molecule has 0 aliphatic carbocycles. The number of rotatable bonds is 13. The monoisotopic (exact) mass is 1690 g/mol. The van der Waals surface area contributed by atoms with E-state index >= 15 is 0 Å². The van der Waals surface area contributed by atoms with Crippen LogP contribution in [0.2, 0.25) is 5.02 Å². The number of ether oxygens (including phenoxy) is 4. The molecule has 0 spiro atoms. The number of carbonyl (C=O) groups excluding carboxylic acids is 1. The molecule has 6 aliphatic rings. The summed E-state index contributed by atoms with van der Waals surface area (Å²) in [5.41, 5.74) is 17.0. The van der Waals surface area contributed by atoms with Gasteiger partial charge in [-0.1, -0.05) is 196 Å². The zero-order valence-corrected chi connectivity index (χ0v) is 77.1. The van der Waals surface area contributed by atoms with Crippen LogP contribution in [0.15, 0.2) is 255 Å². The summed E-state index contributed by atoms with van der Waals surface area (Å²) in [6.45, 7) is 38.4. The summed E-state index contributed by atoms with van der Waals surface area (Å²) >= 11 is 5.61. The highest BCUT2D eigenvalue weighted by molar-refractivity contribution is 6.30. The van der Waals surface area contributed by atoms with Gasteiger partial charge in [0, 0.05) is 103 Å². The molecule has 5 aromatic heterocycles. The molecule has 0 amide bonds. The van der Waals surface area contributed by atoms with E-state index in [1.807, 2.05) is 144 Å². The van der Waals surface area contributed by atoms with Gasteiger partial charge in [0.1, 0.15) is 11.5 Å². The second kappa shape index (κ2) is 41.7. The predicted octanol–water partition coefficient (Wildman–Crippen LogP) is 26.8. The molecule has 10 atom stereocenters. The Morgan fingerprint density at radius 3 is 1.33 bits per heavy atom. The van der Waals surface area contributed by atoms with E-state index in [4.69, 9.17) is 30.5 Å². The van der Waals surface area contributed by atoms with Crippen LogP contribution in [-0.2, 0) is 9.47 Å². The molecule has 15 heteroatoms. The molecule has 14 nitrogen and oxygen atoms in total. The third kappa shape index (κ3) is 22.9. The Morgan fingerprint density at radius 2 is 0.872 bits per heavy atom. The van der Waals surface area contributed by atoms with E-state index in [0.717, 1.165) is 108 Å². The molecule has 21 rings (SSSR count). The standard InChI is InChI=1S/2C24H34N2O2.C18H16N2.C15H12.C11H11N.C10H10N2.C8H7ClO/c2*1-6-16-15-26-12-10-17(16)13-22(26)23(28-24(2,3)4)19-9-11-25-21-8-7-18(27-5)14-20(19)21;1-13-17(15-9-5-3-6-10-15)14(2)20-18(19-13)16-11-7-4-8-12-16;1-11-10-12-6-2-3-8-14(12)15-9-5-4-7-13(11)15;1-8-7-9(2)12-11-6-4-3-5-10(8)11;1-7-9-5-3-4-6-10(9)8(2)12-11-7;1-6(10)7-2-4-8(9)5-3-7/h2*7-9,11,14,16-17,22-23H,6,10,12-13,15H2,1-5H3;3-12H,1-2H3;2-10H,1H3;3-7H,1-2H3;3-6H,1-2H3;2-5H,1H3/t2*16?,17?,22?,23-;;;;;/m10...../s1. The Hall–Kier alpha value is -11.2. The van der Waals surface area contributed by atoms with Gasteiger partial charge in [0.15, 0.2) is 11.6 Å². The molecule has 0 saturated carbocycles. The van der Waals surface area contributed by atoms with E-state index in [0.29, 0.717) is 22.7 Å². The molecular formula is C110H124ClN9O5. The average molecular weight is 1690 g/mol. The molecule has 646 valence electrons. The number of para-hydroxylation sites is 1. The van der Waals surface area contributed by atoms with E-state index in [-0.39, 0.29) is 29.2 Å². The van der Waals surface area contributed by atoms with Gasteiger partial charge in [0.2, 0.25) is 0 Å². The molecule has 6 aliphatic heterocycles. The first-order valence-electron chi connectivity index (χ1n) is 44.5. The zero-order chi connectivity index (χ0) is 88.6.